The SMILES string of the molecule is Cc1ccc(-c2[c-]cc(O)cc2)nc1. The van der Waals surface area contributed by atoms with E-state index in [1.54, 1.807) is 12.1 Å². The number of benzene rings is 1. The molecular weight excluding hydrogens is 174 g/mol. The first kappa shape index (κ1) is 8.75. The normalized spacial score (nSPS) is 10.1. The molecule has 0 bridgehead atoms. The van der Waals surface area contributed by atoms with Crippen LogP contribution in [0.3, 0.4) is 0 Å². The Hall–Kier alpha value is -1.83. The Balaban J connectivity index is 2.40. The summed E-state index contributed by atoms with van der Waals surface area (Å²) in [5.74, 6) is 0.223. The average molecular weight is 184 g/mol. The molecule has 0 unspecified atom stereocenters. The van der Waals surface area contributed by atoms with Crippen LogP contribution in [0.5, 0.6) is 5.75 Å². The van der Waals surface area contributed by atoms with Crippen molar-refractivity contribution < 1.29 is 5.11 Å². The minimum absolute atomic E-state index is 0.223. The molecule has 2 rings (SSSR count). The van der Waals surface area contributed by atoms with E-state index in [2.05, 4.69) is 11.1 Å². The standard InChI is InChI=1S/C12H10NO/c1-9-2-7-12(13-8-9)10-3-5-11(14)6-4-10/h2-3,5-8,14H,1H3/q-1. The van der Waals surface area contributed by atoms with Crippen LogP contribution >= 0.6 is 0 Å². The van der Waals surface area contributed by atoms with E-state index in [-0.39, 0.29) is 5.75 Å². The molecule has 1 aromatic heterocycles. The molecule has 0 saturated carbocycles. The summed E-state index contributed by atoms with van der Waals surface area (Å²) < 4.78 is 0. The number of nitrogens with zero attached hydrogens (tertiary/aromatic N) is 1. The Labute approximate surface area is 82.9 Å². The second kappa shape index (κ2) is 3.50. The van der Waals surface area contributed by atoms with E-state index in [0.717, 1.165) is 16.8 Å². The van der Waals surface area contributed by atoms with Crippen LogP contribution in [0.1, 0.15) is 5.56 Å². The number of hydrogen-bond donors (Lipinski definition) is 1. The van der Waals surface area contributed by atoms with Crippen LogP contribution < -0.4 is 0 Å². The van der Waals surface area contributed by atoms with Crippen LogP contribution in [0.15, 0.2) is 36.5 Å². The summed E-state index contributed by atoms with van der Waals surface area (Å²) in [6.45, 7) is 2.00. The van der Waals surface area contributed by atoms with Crippen molar-refractivity contribution in [2.24, 2.45) is 0 Å². The van der Waals surface area contributed by atoms with Gasteiger partial charge < -0.3 is 10.1 Å². The number of phenols is 1. The van der Waals surface area contributed by atoms with Gasteiger partial charge in [-0.25, -0.2) is 0 Å². The zero-order chi connectivity index (χ0) is 9.97. The molecule has 70 valence electrons. The maximum absolute atomic E-state index is 9.10. The highest BCUT2D eigenvalue weighted by molar-refractivity contribution is 5.59. The van der Waals surface area contributed by atoms with E-state index in [0.29, 0.717) is 0 Å². The first-order valence-corrected chi connectivity index (χ1v) is 4.39. The first-order chi connectivity index (χ1) is 6.75. The van der Waals surface area contributed by atoms with Gasteiger partial charge in [0.05, 0.1) is 0 Å². The van der Waals surface area contributed by atoms with Crippen molar-refractivity contribution in [3.63, 3.8) is 0 Å². The fraction of sp³-hybridized carbons (Fsp3) is 0.0833. The topological polar surface area (TPSA) is 33.1 Å². The van der Waals surface area contributed by atoms with Crippen molar-refractivity contribution in [3.05, 3.63) is 48.2 Å². The van der Waals surface area contributed by atoms with Crippen LogP contribution in [0.2, 0.25) is 0 Å². The van der Waals surface area contributed by atoms with Crippen LogP contribution in [0, 0.1) is 13.0 Å². The maximum atomic E-state index is 9.10. The number of pyridine rings is 1. The fourth-order valence-electron chi connectivity index (χ4n) is 1.20. The molecule has 0 radical (unpaired) electrons. The maximum Gasteiger partial charge on any atom is 0.0319 e. The Morgan fingerprint density at radius 1 is 1.21 bits per heavy atom. The summed E-state index contributed by atoms with van der Waals surface area (Å²) in [5, 5.41) is 9.10. The smallest absolute Gasteiger partial charge is 0.0319 e. The molecular formula is C12H10NO-. The molecule has 0 fully saturated rings. The van der Waals surface area contributed by atoms with Crippen LogP contribution in [-0.2, 0) is 0 Å². The monoisotopic (exact) mass is 184 g/mol. The molecule has 1 aromatic carbocycles. The Morgan fingerprint density at radius 3 is 2.64 bits per heavy atom. The Bertz CT molecular complexity index is 374. The summed E-state index contributed by atoms with van der Waals surface area (Å²) in [7, 11) is 0. The predicted molar refractivity (Wildman–Crippen MR) is 54.9 cm³/mol. The molecule has 1 heterocycles. The molecule has 0 atom stereocenters. The number of phenolic OH excluding ortho intramolecular Hbond substituents is 1. The lowest BCUT2D eigenvalue weighted by Gasteiger charge is -2.08. The van der Waals surface area contributed by atoms with Gasteiger partial charge in [-0.05, 0) is 18.2 Å². The molecule has 2 aromatic rings. The molecule has 14 heavy (non-hydrogen) atoms. The quantitative estimate of drug-likeness (QED) is 0.691. The molecule has 0 aliphatic rings. The van der Waals surface area contributed by atoms with Crippen molar-refractivity contribution in [1.82, 2.24) is 4.98 Å². The van der Waals surface area contributed by atoms with E-state index in [9.17, 15) is 0 Å². The van der Waals surface area contributed by atoms with E-state index in [4.69, 9.17) is 5.11 Å². The molecule has 0 amide bonds. The number of hydrogen-bond acceptors (Lipinski definition) is 2. The third kappa shape index (κ3) is 1.74. The van der Waals surface area contributed by atoms with E-state index in [1.165, 1.54) is 6.07 Å². The second-order valence-electron chi connectivity index (χ2n) is 3.18. The minimum Gasteiger partial charge on any atom is -0.551 e. The number of rotatable bonds is 1. The van der Waals surface area contributed by atoms with Gasteiger partial charge >= 0.3 is 0 Å². The van der Waals surface area contributed by atoms with Crippen LogP contribution in [0.25, 0.3) is 11.3 Å². The highest BCUT2D eigenvalue weighted by Crippen LogP contribution is 2.18. The van der Waals surface area contributed by atoms with Gasteiger partial charge in [-0.3, -0.25) is 0 Å². The van der Waals surface area contributed by atoms with E-state index in [1.807, 2.05) is 25.3 Å². The van der Waals surface area contributed by atoms with Crippen LogP contribution in [-0.4, -0.2) is 10.1 Å². The third-order valence-corrected chi connectivity index (χ3v) is 1.98. The summed E-state index contributed by atoms with van der Waals surface area (Å²) in [6, 6.07) is 11.9. The first-order valence-electron chi connectivity index (χ1n) is 4.39. The summed E-state index contributed by atoms with van der Waals surface area (Å²) in [6.07, 6.45) is 1.82. The fourth-order valence-corrected chi connectivity index (χ4v) is 1.20. The van der Waals surface area contributed by atoms with Crippen molar-refractivity contribution in [2.75, 3.05) is 0 Å². The highest BCUT2D eigenvalue weighted by Gasteiger charge is 1.90. The van der Waals surface area contributed by atoms with E-state index >= 15 is 0 Å². The summed E-state index contributed by atoms with van der Waals surface area (Å²) >= 11 is 0. The van der Waals surface area contributed by atoms with Gasteiger partial charge in [0.2, 0.25) is 0 Å². The molecule has 0 saturated heterocycles. The molecule has 1 N–H and O–H groups in total. The minimum atomic E-state index is 0.223. The largest absolute Gasteiger partial charge is 0.551 e. The van der Waals surface area contributed by atoms with Crippen molar-refractivity contribution in [2.45, 2.75) is 6.92 Å². The van der Waals surface area contributed by atoms with Gasteiger partial charge in [0.15, 0.2) is 0 Å². The van der Waals surface area contributed by atoms with Gasteiger partial charge in [0.25, 0.3) is 0 Å². The number of aromatic hydroxyl groups is 1. The van der Waals surface area contributed by atoms with Gasteiger partial charge in [-0.2, -0.15) is 0 Å². The van der Waals surface area contributed by atoms with Gasteiger partial charge in [0, 0.05) is 11.9 Å². The van der Waals surface area contributed by atoms with Crippen molar-refractivity contribution >= 4 is 0 Å². The molecule has 2 nitrogen and oxygen atoms in total. The lowest BCUT2D eigenvalue weighted by Crippen LogP contribution is -1.83. The van der Waals surface area contributed by atoms with Gasteiger partial charge in [-0.1, -0.05) is 12.1 Å². The lowest BCUT2D eigenvalue weighted by atomic mass is 10.1. The van der Waals surface area contributed by atoms with Gasteiger partial charge in [-0.15, -0.1) is 29.8 Å². The highest BCUT2D eigenvalue weighted by atomic mass is 16.3. The van der Waals surface area contributed by atoms with Crippen LogP contribution in [0.4, 0.5) is 0 Å². The summed E-state index contributed by atoms with van der Waals surface area (Å²) in [4.78, 5) is 4.27. The summed E-state index contributed by atoms with van der Waals surface area (Å²) in [5.41, 5.74) is 2.89. The third-order valence-electron chi connectivity index (χ3n) is 1.98. The van der Waals surface area contributed by atoms with Gasteiger partial charge in [0.1, 0.15) is 0 Å². The number of aryl methyl sites for hydroxylation is 1. The zero-order valence-electron chi connectivity index (χ0n) is 7.86. The second-order valence-corrected chi connectivity index (χ2v) is 3.18. The number of aromatic nitrogens is 1. The van der Waals surface area contributed by atoms with E-state index < -0.39 is 0 Å². The zero-order valence-corrected chi connectivity index (χ0v) is 7.86. The Morgan fingerprint density at radius 2 is 2.07 bits per heavy atom. The lowest BCUT2D eigenvalue weighted by molar-refractivity contribution is 0.475. The molecule has 2 heteroatoms. The molecule has 0 aliphatic heterocycles. The van der Waals surface area contributed by atoms with Crippen molar-refractivity contribution in [1.29, 1.82) is 0 Å². The molecule has 0 aliphatic carbocycles. The molecule has 0 spiro atoms. The Kier molecular flexibility index (Phi) is 2.19. The predicted octanol–water partition coefficient (Wildman–Crippen LogP) is 2.56. The average Bonchev–Trinajstić information content (AvgIpc) is 2.21. The van der Waals surface area contributed by atoms with Crippen molar-refractivity contribution in [3.8, 4) is 17.0 Å².